The van der Waals surface area contributed by atoms with Crippen molar-refractivity contribution in [2.75, 3.05) is 7.05 Å². The van der Waals surface area contributed by atoms with Crippen molar-refractivity contribution in [2.24, 2.45) is 0 Å². The zero-order valence-electron chi connectivity index (χ0n) is 11.5. The van der Waals surface area contributed by atoms with E-state index in [1.54, 1.807) is 35.4 Å². The highest BCUT2D eigenvalue weighted by atomic mass is 79.9. The molecule has 1 aromatic carbocycles. The molecule has 0 spiro atoms. The molecule has 2 nitrogen and oxygen atoms in total. The lowest BCUT2D eigenvalue weighted by molar-refractivity contribution is 0.0740. The molecule has 1 aromatic heterocycles. The molecular formula is C15H15BrFNOS. The number of benzene rings is 1. The highest BCUT2D eigenvalue weighted by molar-refractivity contribution is 9.10. The average molecular weight is 356 g/mol. The number of nitrogens with zero attached hydrogens (tertiary/aromatic N) is 1. The maximum Gasteiger partial charge on any atom is 0.257 e. The van der Waals surface area contributed by atoms with Crippen LogP contribution in [0.25, 0.3) is 0 Å². The van der Waals surface area contributed by atoms with Crippen LogP contribution >= 0.6 is 27.3 Å². The van der Waals surface area contributed by atoms with Gasteiger partial charge in [0, 0.05) is 16.8 Å². The Bertz CT molecular complexity index is 641. The van der Waals surface area contributed by atoms with Crippen molar-refractivity contribution in [1.29, 1.82) is 0 Å². The van der Waals surface area contributed by atoms with Crippen LogP contribution in [0.1, 0.15) is 33.1 Å². The van der Waals surface area contributed by atoms with Crippen LogP contribution in [0.4, 0.5) is 4.39 Å². The van der Waals surface area contributed by atoms with Crippen LogP contribution in [0.5, 0.6) is 0 Å². The first-order chi connectivity index (χ1) is 9.41. The molecule has 106 valence electrons. The van der Waals surface area contributed by atoms with E-state index >= 15 is 0 Å². The zero-order valence-corrected chi connectivity index (χ0v) is 13.9. The topological polar surface area (TPSA) is 20.3 Å². The highest BCUT2D eigenvalue weighted by Crippen LogP contribution is 2.28. The van der Waals surface area contributed by atoms with E-state index in [9.17, 15) is 9.18 Å². The van der Waals surface area contributed by atoms with E-state index in [0.717, 1.165) is 4.88 Å². The minimum Gasteiger partial charge on any atom is -0.334 e. The molecule has 0 bridgehead atoms. The van der Waals surface area contributed by atoms with Crippen molar-refractivity contribution in [3.05, 3.63) is 55.9 Å². The molecule has 20 heavy (non-hydrogen) atoms. The Balaban J connectivity index is 2.26. The number of hydrogen-bond acceptors (Lipinski definition) is 2. The van der Waals surface area contributed by atoms with E-state index in [0.29, 0.717) is 4.47 Å². The van der Waals surface area contributed by atoms with Crippen molar-refractivity contribution in [3.8, 4) is 0 Å². The molecule has 1 amide bonds. The maximum atomic E-state index is 14.0. The van der Waals surface area contributed by atoms with Gasteiger partial charge in [-0.2, -0.15) is 0 Å². The number of halogens is 2. The number of carbonyl (C=O) groups is 1. The second-order valence-electron chi connectivity index (χ2n) is 4.64. The van der Waals surface area contributed by atoms with E-state index in [1.807, 2.05) is 26.0 Å². The highest BCUT2D eigenvalue weighted by Gasteiger charge is 2.23. The second-order valence-corrected chi connectivity index (χ2v) is 6.82. The zero-order chi connectivity index (χ0) is 14.9. The molecule has 0 radical (unpaired) electrons. The number of carbonyl (C=O) groups excluding carboxylic acids is 1. The smallest absolute Gasteiger partial charge is 0.257 e. The fourth-order valence-electron chi connectivity index (χ4n) is 1.90. The monoisotopic (exact) mass is 355 g/mol. The van der Waals surface area contributed by atoms with Crippen LogP contribution in [-0.4, -0.2) is 17.9 Å². The third kappa shape index (κ3) is 2.94. The lowest BCUT2D eigenvalue weighted by Gasteiger charge is -2.24. The average Bonchev–Trinajstić information content (AvgIpc) is 2.86. The third-order valence-electron chi connectivity index (χ3n) is 3.26. The minimum absolute atomic E-state index is 0.0837. The first-order valence-corrected chi connectivity index (χ1v) is 7.80. The van der Waals surface area contributed by atoms with Gasteiger partial charge >= 0.3 is 0 Å². The summed E-state index contributed by atoms with van der Waals surface area (Å²) in [6, 6.07) is 8.69. The quantitative estimate of drug-likeness (QED) is 0.774. The van der Waals surface area contributed by atoms with Gasteiger partial charge in [0.15, 0.2) is 0 Å². The molecular weight excluding hydrogens is 341 g/mol. The van der Waals surface area contributed by atoms with Gasteiger partial charge in [-0.15, -0.1) is 11.3 Å². The van der Waals surface area contributed by atoms with Crippen molar-refractivity contribution < 1.29 is 9.18 Å². The van der Waals surface area contributed by atoms with Gasteiger partial charge < -0.3 is 4.90 Å². The molecule has 1 atom stereocenters. The Hall–Kier alpha value is -1.20. The van der Waals surface area contributed by atoms with Crippen LogP contribution in [0, 0.1) is 12.7 Å². The first kappa shape index (κ1) is 15.2. The molecule has 0 aliphatic heterocycles. The Morgan fingerprint density at radius 2 is 2.05 bits per heavy atom. The van der Waals surface area contributed by atoms with E-state index in [4.69, 9.17) is 0 Å². The van der Waals surface area contributed by atoms with Crippen LogP contribution in [-0.2, 0) is 0 Å². The number of aryl methyl sites for hydroxylation is 1. The number of hydrogen-bond donors (Lipinski definition) is 0. The summed E-state index contributed by atoms with van der Waals surface area (Å²) in [6.45, 7) is 3.97. The van der Waals surface area contributed by atoms with E-state index in [-0.39, 0.29) is 17.5 Å². The Morgan fingerprint density at radius 1 is 1.35 bits per heavy atom. The van der Waals surface area contributed by atoms with Crippen molar-refractivity contribution in [3.63, 3.8) is 0 Å². The van der Waals surface area contributed by atoms with Gasteiger partial charge in [0.2, 0.25) is 0 Å². The largest absolute Gasteiger partial charge is 0.334 e. The van der Waals surface area contributed by atoms with Crippen LogP contribution in [0.15, 0.2) is 34.8 Å². The van der Waals surface area contributed by atoms with E-state index in [1.165, 1.54) is 10.9 Å². The van der Waals surface area contributed by atoms with Crippen LogP contribution in [0.2, 0.25) is 0 Å². The molecule has 1 unspecified atom stereocenters. The third-order valence-corrected chi connectivity index (χ3v) is 5.04. The number of rotatable bonds is 3. The minimum atomic E-state index is -0.515. The molecule has 2 aromatic rings. The van der Waals surface area contributed by atoms with E-state index in [2.05, 4.69) is 15.9 Å². The lowest BCUT2D eigenvalue weighted by atomic mass is 10.1. The van der Waals surface area contributed by atoms with Gasteiger partial charge in [0.25, 0.3) is 5.91 Å². The first-order valence-electron chi connectivity index (χ1n) is 6.19. The molecule has 5 heteroatoms. The molecule has 2 rings (SSSR count). The van der Waals surface area contributed by atoms with E-state index < -0.39 is 5.82 Å². The summed E-state index contributed by atoms with van der Waals surface area (Å²) >= 11 is 4.75. The summed E-state index contributed by atoms with van der Waals surface area (Å²) in [6.07, 6.45) is 0. The van der Waals surface area contributed by atoms with Crippen LogP contribution in [0.3, 0.4) is 0 Å². The lowest BCUT2D eigenvalue weighted by Crippen LogP contribution is -2.30. The predicted octanol–water partition coefficient (Wildman–Crippen LogP) is 4.79. The fourth-order valence-corrected chi connectivity index (χ4v) is 3.24. The van der Waals surface area contributed by atoms with Gasteiger partial charge in [0.05, 0.1) is 16.1 Å². The second kappa shape index (κ2) is 6.06. The molecule has 0 aliphatic carbocycles. The van der Waals surface area contributed by atoms with Gasteiger partial charge in [-0.25, -0.2) is 4.39 Å². The van der Waals surface area contributed by atoms with Crippen molar-refractivity contribution in [1.82, 2.24) is 4.90 Å². The maximum absolute atomic E-state index is 14.0. The summed E-state index contributed by atoms with van der Waals surface area (Å²) < 4.78 is 14.3. The molecule has 0 saturated heterocycles. The number of thiophene rings is 1. The van der Waals surface area contributed by atoms with Crippen molar-refractivity contribution >= 4 is 33.2 Å². The Labute approximate surface area is 130 Å². The molecule has 0 saturated carbocycles. The molecule has 0 N–H and O–H groups in total. The van der Waals surface area contributed by atoms with Gasteiger partial charge in [0.1, 0.15) is 5.82 Å². The predicted molar refractivity (Wildman–Crippen MR) is 83.7 cm³/mol. The summed E-state index contributed by atoms with van der Waals surface area (Å²) in [7, 11) is 1.70. The molecule has 1 heterocycles. The Kier molecular flexibility index (Phi) is 4.60. The normalized spacial score (nSPS) is 12.2. The fraction of sp³-hybridized carbons (Fsp3) is 0.267. The van der Waals surface area contributed by atoms with Gasteiger partial charge in [-0.05, 0) is 54.0 Å². The molecule has 0 fully saturated rings. The standard InChI is InChI=1S/C15H15BrFNOS/c1-9-7-8-13(20-9)10(2)18(3)15(19)11-5-4-6-12(16)14(11)17/h4-8,10H,1-3H3. The summed E-state index contributed by atoms with van der Waals surface area (Å²) in [5.41, 5.74) is 0.0852. The summed E-state index contributed by atoms with van der Waals surface area (Å²) in [5.74, 6) is -0.832. The Morgan fingerprint density at radius 3 is 2.65 bits per heavy atom. The number of amides is 1. The SMILES string of the molecule is Cc1ccc(C(C)N(C)C(=O)c2cccc(Br)c2F)s1. The van der Waals surface area contributed by atoms with Crippen molar-refractivity contribution in [2.45, 2.75) is 19.9 Å². The summed E-state index contributed by atoms with van der Waals surface area (Å²) in [4.78, 5) is 16.3. The molecule has 0 aliphatic rings. The van der Waals surface area contributed by atoms with Crippen LogP contribution < -0.4 is 0 Å². The van der Waals surface area contributed by atoms with Gasteiger partial charge in [-0.1, -0.05) is 6.07 Å². The van der Waals surface area contributed by atoms with Gasteiger partial charge in [-0.3, -0.25) is 4.79 Å². The summed E-state index contributed by atoms with van der Waals surface area (Å²) in [5, 5.41) is 0.